The second kappa shape index (κ2) is 8.14. The maximum Gasteiger partial charge on any atom is 0.435 e. The maximum absolute atomic E-state index is 12.8. The van der Waals surface area contributed by atoms with Gasteiger partial charge in [-0.3, -0.25) is 5.10 Å². The molecule has 2 aromatic carbocycles. The van der Waals surface area contributed by atoms with E-state index >= 15 is 0 Å². The number of phenolic OH excluding ortho intramolecular Hbond substituents is 1. The second-order valence-electron chi connectivity index (χ2n) is 6.27. The fourth-order valence-corrected chi connectivity index (χ4v) is 2.93. The Kier molecular flexibility index (Phi) is 5.84. The number of aromatic nitrogens is 2. The van der Waals surface area contributed by atoms with E-state index in [-0.39, 0.29) is 23.6 Å². The first kappa shape index (κ1) is 20.1. The molecule has 0 bridgehead atoms. The summed E-state index contributed by atoms with van der Waals surface area (Å²) in [6, 6.07) is 11.2. The van der Waals surface area contributed by atoms with Gasteiger partial charge in [-0.15, -0.1) is 0 Å². The smallest absolute Gasteiger partial charge is 0.435 e. The van der Waals surface area contributed by atoms with Crippen molar-refractivity contribution < 1.29 is 23.0 Å². The SMILES string of the molecule is CCCc1c(OCc2ccc(Cl)cc2)ccc(-c2cc(C(F)(F)F)n[nH]2)c1O. The number of H-pyrrole nitrogens is 1. The van der Waals surface area contributed by atoms with Gasteiger partial charge in [-0.25, -0.2) is 0 Å². The summed E-state index contributed by atoms with van der Waals surface area (Å²) in [5.41, 5.74) is 0.731. The summed E-state index contributed by atoms with van der Waals surface area (Å²) in [4.78, 5) is 0. The summed E-state index contributed by atoms with van der Waals surface area (Å²) < 4.78 is 44.2. The summed E-state index contributed by atoms with van der Waals surface area (Å²) in [6.45, 7) is 2.21. The molecule has 0 aliphatic heterocycles. The zero-order valence-electron chi connectivity index (χ0n) is 15.0. The number of rotatable bonds is 6. The highest BCUT2D eigenvalue weighted by atomic mass is 35.5. The molecule has 3 rings (SSSR count). The number of aromatic hydroxyl groups is 1. The largest absolute Gasteiger partial charge is 0.507 e. The number of benzene rings is 2. The van der Waals surface area contributed by atoms with E-state index in [9.17, 15) is 18.3 Å². The van der Waals surface area contributed by atoms with Gasteiger partial charge in [0.25, 0.3) is 0 Å². The molecule has 28 heavy (non-hydrogen) atoms. The zero-order valence-corrected chi connectivity index (χ0v) is 15.7. The topological polar surface area (TPSA) is 58.1 Å². The molecule has 3 aromatic rings. The van der Waals surface area contributed by atoms with Crippen LogP contribution in [0, 0.1) is 0 Å². The number of nitrogens with zero attached hydrogens (tertiary/aromatic N) is 1. The van der Waals surface area contributed by atoms with Gasteiger partial charge in [0, 0.05) is 16.1 Å². The molecule has 1 aromatic heterocycles. The molecular formula is C20H18ClF3N2O2. The van der Waals surface area contributed by atoms with Gasteiger partial charge in [0.2, 0.25) is 0 Å². The van der Waals surface area contributed by atoms with Crippen molar-refractivity contribution in [2.24, 2.45) is 0 Å². The third-order valence-corrected chi connectivity index (χ3v) is 4.46. The molecule has 8 heteroatoms. The van der Waals surface area contributed by atoms with Crippen LogP contribution < -0.4 is 4.74 Å². The number of hydrogen-bond acceptors (Lipinski definition) is 3. The molecular weight excluding hydrogens is 393 g/mol. The van der Waals surface area contributed by atoms with Crippen molar-refractivity contribution >= 4 is 11.6 Å². The van der Waals surface area contributed by atoms with Crippen molar-refractivity contribution in [1.82, 2.24) is 10.2 Å². The van der Waals surface area contributed by atoms with E-state index in [0.29, 0.717) is 22.8 Å². The average molecular weight is 411 g/mol. The van der Waals surface area contributed by atoms with Crippen LogP contribution in [0.5, 0.6) is 11.5 Å². The number of hydrogen-bond donors (Lipinski definition) is 2. The fourth-order valence-electron chi connectivity index (χ4n) is 2.81. The van der Waals surface area contributed by atoms with Gasteiger partial charge in [0.1, 0.15) is 18.1 Å². The number of aromatic amines is 1. The highest BCUT2D eigenvalue weighted by Crippen LogP contribution is 2.39. The zero-order chi connectivity index (χ0) is 20.3. The van der Waals surface area contributed by atoms with E-state index in [1.54, 1.807) is 18.2 Å². The molecule has 0 fully saturated rings. The van der Waals surface area contributed by atoms with Crippen molar-refractivity contribution in [2.75, 3.05) is 0 Å². The Labute approximate surface area is 164 Å². The van der Waals surface area contributed by atoms with Gasteiger partial charge in [0.15, 0.2) is 5.69 Å². The van der Waals surface area contributed by atoms with Crippen LogP contribution in [0.2, 0.25) is 5.02 Å². The third-order valence-electron chi connectivity index (χ3n) is 4.21. The van der Waals surface area contributed by atoms with Crippen molar-refractivity contribution in [3.63, 3.8) is 0 Å². The number of phenols is 1. The van der Waals surface area contributed by atoms with Crippen LogP contribution in [0.15, 0.2) is 42.5 Å². The highest BCUT2D eigenvalue weighted by Gasteiger charge is 2.34. The van der Waals surface area contributed by atoms with Gasteiger partial charge in [0.05, 0.1) is 5.69 Å². The average Bonchev–Trinajstić information content (AvgIpc) is 3.14. The second-order valence-corrected chi connectivity index (χ2v) is 6.70. The summed E-state index contributed by atoms with van der Waals surface area (Å²) in [5.74, 6) is 0.362. The molecule has 0 radical (unpaired) electrons. The van der Waals surface area contributed by atoms with Gasteiger partial charge in [-0.1, -0.05) is 37.1 Å². The van der Waals surface area contributed by atoms with Crippen LogP contribution in [-0.4, -0.2) is 15.3 Å². The summed E-state index contributed by atoms with van der Waals surface area (Å²) in [7, 11) is 0. The Morgan fingerprint density at radius 2 is 1.86 bits per heavy atom. The van der Waals surface area contributed by atoms with Crippen LogP contribution in [-0.2, 0) is 19.2 Å². The number of nitrogens with one attached hydrogen (secondary N) is 1. The lowest BCUT2D eigenvalue weighted by atomic mass is 10.0. The number of alkyl halides is 3. The molecule has 0 atom stereocenters. The van der Waals surface area contributed by atoms with E-state index in [0.717, 1.165) is 18.1 Å². The summed E-state index contributed by atoms with van der Waals surface area (Å²) in [6.07, 6.45) is -3.32. The van der Waals surface area contributed by atoms with Crippen molar-refractivity contribution in [3.8, 4) is 22.8 Å². The Morgan fingerprint density at radius 3 is 2.46 bits per heavy atom. The minimum Gasteiger partial charge on any atom is -0.507 e. The minimum absolute atomic E-state index is 0.0893. The monoisotopic (exact) mass is 410 g/mol. The van der Waals surface area contributed by atoms with E-state index < -0.39 is 11.9 Å². The first-order valence-corrected chi connectivity index (χ1v) is 9.02. The highest BCUT2D eigenvalue weighted by molar-refractivity contribution is 6.30. The Hall–Kier alpha value is -2.67. The quantitative estimate of drug-likeness (QED) is 0.525. The molecule has 148 valence electrons. The van der Waals surface area contributed by atoms with E-state index in [1.807, 2.05) is 19.1 Å². The van der Waals surface area contributed by atoms with Gasteiger partial charge < -0.3 is 9.84 Å². The molecule has 0 aliphatic rings. The Morgan fingerprint density at radius 1 is 1.14 bits per heavy atom. The van der Waals surface area contributed by atoms with Crippen LogP contribution in [0.25, 0.3) is 11.3 Å². The van der Waals surface area contributed by atoms with E-state index in [1.165, 1.54) is 6.07 Å². The van der Waals surface area contributed by atoms with Gasteiger partial charge in [-0.05, 0) is 42.3 Å². The van der Waals surface area contributed by atoms with Crippen molar-refractivity contribution in [1.29, 1.82) is 0 Å². The van der Waals surface area contributed by atoms with Gasteiger partial charge in [-0.2, -0.15) is 18.3 Å². The standard InChI is InChI=1S/C20H18ClF3N2O2/c1-2-3-15-17(28-11-12-4-6-13(21)7-5-12)9-8-14(19(15)27)16-10-18(26-25-16)20(22,23)24/h4-10,27H,2-3,11H2,1H3,(H,25,26). The maximum atomic E-state index is 12.8. The molecule has 0 aliphatic carbocycles. The van der Waals surface area contributed by atoms with Crippen LogP contribution in [0.3, 0.4) is 0 Å². The number of halogens is 4. The van der Waals surface area contributed by atoms with Gasteiger partial charge >= 0.3 is 6.18 Å². The number of ether oxygens (including phenoxy) is 1. The van der Waals surface area contributed by atoms with Crippen LogP contribution in [0.4, 0.5) is 13.2 Å². The van der Waals surface area contributed by atoms with Crippen LogP contribution in [0.1, 0.15) is 30.2 Å². The molecule has 0 spiro atoms. The van der Waals surface area contributed by atoms with E-state index in [2.05, 4.69) is 10.2 Å². The fraction of sp³-hybridized carbons (Fsp3) is 0.250. The molecule has 4 nitrogen and oxygen atoms in total. The molecule has 0 amide bonds. The molecule has 1 heterocycles. The molecule has 0 saturated heterocycles. The van der Waals surface area contributed by atoms with E-state index in [4.69, 9.17) is 16.3 Å². The lowest BCUT2D eigenvalue weighted by molar-refractivity contribution is -0.141. The minimum atomic E-state index is -4.56. The lowest BCUT2D eigenvalue weighted by Crippen LogP contribution is -2.04. The Bertz CT molecular complexity index is 953. The van der Waals surface area contributed by atoms with Crippen LogP contribution >= 0.6 is 11.6 Å². The first-order valence-electron chi connectivity index (χ1n) is 8.64. The summed E-state index contributed by atoms with van der Waals surface area (Å²) in [5, 5.41) is 16.9. The normalized spacial score (nSPS) is 11.6. The summed E-state index contributed by atoms with van der Waals surface area (Å²) >= 11 is 5.87. The molecule has 0 unspecified atom stereocenters. The molecule has 2 N–H and O–H groups in total. The predicted molar refractivity (Wildman–Crippen MR) is 100 cm³/mol. The Balaban J connectivity index is 1.89. The molecule has 0 saturated carbocycles. The van der Waals surface area contributed by atoms with Crippen molar-refractivity contribution in [2.45, 2.75) is 32.5 Å². The first-order chi connectivity index (χ1) is 13.3. The van der Waals surface area contributed by atoms with Crippen molar-refractivity contribution in [3.05, 3.63) is 64.3 Å². The lowest BCUT2D eigenvalue weighted by Gasteiger charge is -2.15. The predicted octanol–water partition coefficient (Wildman–Crippen LogP) is 5.99. The third kappa shape index (κ3) is 4.42.